The third kappa shape index (κ3) is 5.02. The van der Waals surface area contributed by atoms with E-state index in [1.807, 2.05) is 67.6 Å². The lowest BCUT2D eigenvalue weighted by molar-refractivity contribution is -0.140. The molecule has 0 amide bonds. The van der Waals surface area contributed by atoms with Crippen LogP contribution in [0.25, 0.3) is 10.8 Å². The minimum atomic E-state index is -0.541. The zero-order valence-electron chi connectivity index (χ0n) is 22.7. The Morgan fingerprint density at radius 1 is 0.923 bits per heavy atom. The summed E-state index contributed by atoms with van der Waals surface area (Å²) in [5.41, 5.74) is 4.54. The maximum atomic E-state index is 14.0. The fourth-order valence-corrected chi connectivity index (χ4v) is 5.76. The molecule has 202 valence electrons. The van der Waals surface area contributed by atoms with Gasteiger partial charge in [0.05, 0.1) is 26.4 Å². The zero-order chi connectivity index (χ0) is 27.5. The number of ether oxygens (including phenoxy) is 4. The molecule has 2 aliphatic rings. The number of dihydropyridines is 1. The monoisotopic (exact) mass is 527 g/mol. The van der Waals surface area contributed by atoms with Gasteiger partial charge in [-0.05, 0) is 53.3 Å². The number of fused-ring (bicyclic) bond motifs is 1. The van der Waals surface area contributed by atoms with E-state index in [0.29, 0.717) is 47.8 Å². The van der Waals surface area contributed by atoms with Gasteiger partial charge in [-0.25, -0.2) is 4.79 Å². The van der Waals surface area contributed by atoms with Gasteiger partial charge in [0.2, 0.25) is 0 Å². The van der Waals surface area contributed by atoms with E-state index in [0.717, 1.165) is 27.6 Å². The van der Waals surface area contributed by atoms with Crippen LogP contribution in [0.3, 0.4) is 0 Å². The van der Waals surface area contributed by atoms with E-state index >= 15 is 0 Å². The first-order valence-corrected chi connectivity index (χ1v) is 13.1. The van der Waals surface area contributed by atoms with Crippen LogP contribution >= 0.6 is 0 Å². The number of allylic oxidation sites excluding steroid dienone is 3. The van der Waals surface area contributed by atoms with Crippen molar-refractivity contribution >= 4 is 22.5 Å². The Balaban J connectivity index is 1.60. The molecule has 5 rings (SSSR count). The molecule has 2 atom stereocenters. The molecular formula is C32H33NO6. The number of carbonyl (C=O) groups excluding carboxylic acids is 2. The number of ketones is 1. The molecule has 0 bridgehead atoms. The molecule has 7 nitrogen and oxygen atoms in total. The van der Waals surface area contributed by atoms with Crippen LogP contribution in [0.1, 0.15) is 42.7 Å². The summed E-state index contributed by atoms with van der Waals surface area (Å²) in [5, 5.41) is 5.47. The molecule has 0 unspecified atom stereocenters. The molecule has 1 heterocycles. The van der Waals surface area contributed by atoms with E-state index in [1.54, 1.807) is 21.3 Å². The number of esters is 1. The summed E-state index contributed by atoms with van der Waals surface area (Å²) in [7, 11) is 4.77. The Morgan fingerprint density at radius 2 is 1.69 bits per heavy atom. The highest BCUT2D eigenvalue weighted by molar-refractivity contribution is 6.05. The molecule has 7 heteroatoms. The first-order chi connectivity index (χ1) is 19.0. The number of Topliss-reactive ketones (excluding diaryl/α,β-unsaturated/α-hetero) is 1. The van der Waals surface area contributed by atoms with Gasteiger partial charge in [-0.1, -0.05) is 48.5 Å². The zero-order valence-corrected chi connectivity index (χ0v) is 22.7. The highest BCUT2D eigenvalue weighted by Crippen LogP contribution is 2.47. The van der Waals surface area contributed by atoms with Crippen LogP contribution in [0, 0.1) is 0 Å². The van der Waals surface area contributed by atoms with Gasteiger partial charge in [0.15, 0.2) is 17.3 Å². The third-order valence-corrected chi connectivity index (χ3v) is 7.58. The Kier molecular flexibility index (Phi) is 7.70. The maximum absolute atomic E-state index is 14.0. The second-order valence-electron chi connectivity index (χ2n) is 9.83. The number of rotatable bonds is 8. The molecule has 0 fully saturated rings. The maximum Gasteiger partial charge on any atom is 0.336 e. The summed E-state index contributed by atoms with van der Waals surface area (Å²) in [6.07, 6.45) is 0.948. The van der Waals surface area contributed by atoms with Gasteiger partial charge < -0.3 is 24.3 Å². The van der Waals surface area contributed by atoms with Crippen molar-refractivity contribution in [1.29, 1.82) is 0 Å². The highest BCUT2D eigenvalue weighted by Gasteiger charge is 2.42. The molecule has 1 aliphatic carbocycles. The minimum Gasteiger partial charge on any atom is -0.493 e. The van der Waals surface area contributed by atoms with Gasteiger partial charge in [-0.15, -0.1) is 0 Å². The third-order valence-electron chi connectivity index (χ3n) is 7.58. The molecule has 3 aromatic rings. The lowest BCUT2D eigenvalue weighted by Crippen LogP contribution is -2.36. The first kappa shape index (κ1) is 26.5. The van der Waals surface area contributed by atoms with E-state index in [-0.39, 0.29) is 18.3 Å². The van der Waals surface area contributed by atoms with Crippen LogP contribution in [-0.4, -0.2) is 46.3 Å². The van der Waals surface area contributed by atoms with E-state index < -0.39 is 11.9 Å². The van der Waals surface area contributed by atoms with Crippen molar-refractivity contribution in [2.45, 2.75) is 31.6 Å². The fraction of sp³-hybridized carbons (Fsp3) is 0.312. The predicted octanol–water partition coefficient (Wildman–Crippen LogP) is 5.41. The van der Waals surface area contributed by atoms with Gasteiger partial charge in [0.1, 0.15) is 6.61 Å². The summed E-state index contributed by atoms with van der Waals surface area (Å²) < 4.78 is 21.6. The van der Waals surface area contributed by atoms with Crippen LogP contribution in [0.15, 0.2) is 83.2 Å². The smallest absolute Gasteiger partial charge is 0.336 e. The van der Waals surface area contributed by atoms with Crippen molar-refractivity contribution in [3.8, 4) is 11.5 Å². The topological polar surface area (TPSA) is 83.1 Å². The standard InChI is InChI=1S/C32H33NO6/c1-19-29(32(35)39-15-14-36-2)30(24-11-7-9-20-8-5-6-10-23(20)24)31-25(33-19)16-22(17-26(31)34)21-12-13-27(37-3)28(18-21)38-4/h5-13,18,22,30,33H,14-17H2,1-4H3/t22-,30+/m1/s1. The lowest BCUT2D eigenvalue weighted by Gasteiger charge is -2.37. The van der Waals surface area contributed by atoms with Crippen LogP contribution in [-0.2, 0) is 19.1 Å². The van der Waals surface area contributed by atoms with E-state index in [2.05, 4.69) is 5.32 Å². The van der Waals surface area contributed by atoms with E-state index in [1.165, 1.54) is 0 Å². The SMILES string of the molecule is COCCOC(=O)C1=C(C)NC2=C(C(=O)C[C@H](c3ccc(OC)c(OC)c3)C2)[C@H]1c1cccc2ccccc12. The van der Waals surface area contributed by atoms with Crippen molar-refractivity contribution in [1.82, 2.24) is 5.32 Å². The van der Waals surface area contributed by atoms with E-state index in [4.69, 9.17) is 18.9 Å². The quantitative estimate of drug-likeness (QED) is 0.310. The average Bonchev–Trinajstić information content (AvgIpc) is 2.95. The highest BCUT2D eigenvalue weighted by atomic mass is 16.6. The fourth-order valence-electron chi connectivity index (χ4n) is 5.76. The molecule has 1 aliphatic heterocycles. The molecule has 3 aromatic carbocycles. The summed E-state index contributed by atoms with van der Waals surface area (Å²) in [6, 6.07) is 19.9. The number of hydrogen-bond donors (Lipinski definition) is 1. The minimum absolute atomic E-state index is 0.0103. The number of methoxy groups -OCH3 is 3. The van der Waals surface area contributed by atoms with Gasteiger partial charge in [0.25, 0.3) is 0 Å². The van der Waals surface area contributed by atoms with Crippen molar-refractivity contribution in [2.75, 3.05) is 34.5 Å². The van der Waals surface area contributed by atoms with Crippen LogP contribution in [0.5, 0.6) is 11.5 Å². The van der Waals surface area contributed by atoms with Crippen LogP contribution in [0.2, 0.25) is 0 Å². The molecule has 39 heavy (non-hydrogen) atoms. The molecule has 0 saturated heterocycles. The largest absolute Gasteiger partial charge is 0.493 e. The summed E-state index contributed by atoms with van der Waals surface area (Å²) in [6.45, 7) is 2.30. The Labute approximate surface area is 228 Å². The number of carbonyl (C=O) groups is 2. The average molecular weight is 528 g/mol. The number of hydrogen-bond acceptors (Lipinski definition) is 7. The number of nitrogens with one attached hydrogen (secondary N) is 1. The van der Waals surface area contributed by atoms with Crippen LogP contribution in [0.4, 0.5) is 0 Å². The van der Waals surface area contributed by atoms with Crippen molar-refractivity contribution in [3.63, 3.8) is 0 Å². The van der Waals surface area contributed by atoms with Crippen molar-refractivity contribution in [3.05, 3.63) is 94.3 Å². The van der Waals surface area contributed by atoms with Gasteiger partial charge >= 0.3 is 5.97 Å². The van der Waals surface area contributed by atoms with E-state index in [9.17, 15) is 9.59 Å². The Morgan fingerprint density at radius 3 is 2.46 bits per heavy atom. The summed E-state index contributed by atoms with van der Waals surface area (Å²) in [4.78, 5) is 27.5. The molecule has 0 saturated carbocycles. The first-order valence-electron chi connectivity index (χ1n) is 13.1. The van der Waals surface area contributed by atoms with Crippen molar-refractivity contribution in [2.24, 2.45) is 0 Å². The molecule has 0 aromatic heterocycles. The van der Waals surface area contributed by atoms with Gasteiger partial charge in [-0.2, -0.15) is 0 Å². The predicted molar refractivity (Wildman–Crippen MR) is 149 cm³/mol. The van der Waals surface area contributed by atoms with Gasteiger partial charge in [-0.3, -0.25) is 4.79 Å². The summed E-state index contributed by atoms with van der Waals surface area (Å²) >= 11 is 0. The molecular weight excluding hydrogens is 494 g/mol. The van der Waals surface area contributed by atoms with Gasteiger partial charge in [0, 0.05) is 36.4 Å². The van der Waals surface area contributed by atoms with Crippen LogP contribution < -0.4 is 14.8 Å². The Bertz CT molecular complexity index is 1480. The second kappa shape index (κ2) is 11.3. The molecule has 0 radical (unpaired) electrons. The second-order valence-corrected chi connectivity index (χ2v) is 9.83. The normalized spacial score (nSPS) is 19.0. The lowest BCUT2D eigenvalue weighted by atomic mass is 9.71. The molecule has 0 spiro atoms. The van der Waals surface area contributed by atoms with Crippen molar-refractivity contribution < 1.29 is 28.5 Å². The summed E-state index contributed by atoms with van der Waals surface area (Å²) in [5.74, 6) is 0.253. The molecule has 1 N–H and O–H groups in total. The Hall–Kier alpha value is -4.10. The number of benzene rings is 3.